The van der Waals surface area contributed by atoms with Crippen molar-refractivity contribution in [3.05, 3.63) is 76.2 Å². The summed E-state index contributed by atoms with van der Waals surface area (Å²) in [5.41, 5.74) is 0.945. The minimum atomic E-state index is -1.01. The molecule has 0 amide bonds. The zero-order valence-corrected chi connectivity index (χ0v) is 12.9. The molecule has 1 atom stereocenters. The Bertz CT molecular complexity index is 660. The van der Waals surface area contributed by atoms with Gasteiger partial charge in [0.1, 0.15) is 0 Å². The van der Waals surface area contributed by atoms with Gasteiger partial charge in [0.05, 0.1) is 5.60 Å². The van der Waals surface area contributed by atoms with Gasteiger partial charge < -0.3 is 4.74 Å². The highest BCUT2D eigenvalue weighted by molar-refractivity contribution is 6.09. The van der Waals surface area contributed by atoms with Crippen LogP contribution in [0.5, 0.6) is 0 Å². The van der Waals surface area contributed by atoms with Gasteiger partial charge in [0.15, 0.2) is 5.78 Å². The largest absolute Gasteiger partial charge is 0.343 e. The Morgan fingerprint density at radius 2 is 1.59 bits per heavy atom. The molecule has 0 N–H and O–H groups in total. The molecule has 4 heteroatoms. The van der Waals surface area contributed by atoms with E-state index in [1.165, 1.54) is 0 Å². The molecule has 0 spiro atoms. The van der Waals surface area contributed by atoms with E-state index in [0.29, 0.717) is 16.7 Å². The van der Waals surface area contributed by atoms with Gasteiger partial charge >= 0.3 is 0 Å². The number of ether oxygens (including phenoxy) is 1. The Hall–Kier alpha value is -2.33. The molecule has 2 rings (SSSR count). The van der Waals surface area contributed by atoms with Crippen LogP contribution in [-0.4, -0.2) is 11.4 Å². The van der Waals surface area contributed by atoms with E-state index in [-0.39, 0.29) is 5.78 Å². The number of hydrogen-bond acceptors (Lipinski definition) is 4. The highest BCUT2D eigenvalue weighted by atomic mass is 16.5. The summed E-state index contributed by atoms with van der Waals surface area (Å²) in [4.78, 5) is 23.9. The molecule has 22 heavy (non-hydrogen) atoms. The van der Waals surface area contributed by atoms with Crippen LogP contribution in [0.3, 0.4) is 0 Å². The van der Waals surface area contributed by atoms with Crippen LogP contribution in [0.4, 0.5) is 0 Å². The van der Waals surface area contributed by atoms with Crippen molar-refractivity contribution in [3.8, 4) is 0 Å². The van der Waals surface area contributed by atoms with Crippen molar-refractivity contribution in [2.24, 2.45) is 5.18 Å². The van der Waals surface area contributed by atoms with Crippen LogP contribution < -0.4 is 0 Å². The number of ketones is 1. The first-order chi connectivity index (χ1) is 10.4. The van der Waals surface area contributed by atoms with Crippen LogP contribution in [0, 0.1) is 4.91 Å². The number of rotatable bonds is 5. The van der Waals surface area contributed by atoms with E-state index >= 15 is 0 Å². The summed E-state index contributed by atoms with van der Waals surface area (Å²) in [5.74, 6) is -0.151. The SMILES string of the molecule is CC(C)(C)OC(N=O)c1ccccc1C(=O)c1ccccc1. The average Bonchev–Trinajstić information content (AvgIpc) is 2.52. The maximum Gasteiger partial charge on any atom is 0.216 e. The van der Waals surface area contributed by atoms with Crippen molar-refractivity contribution in [2.75, 3.05) is 0 Å². The summed E-state index contributed by atoms with van der Waals surface area (Å²) >= 11 is 0. The Balaban J connectivity index is 2.42. The predicted octanol–water partition coefficient (Wildman–Crippen LogP) is 4.50. The second-order valence-corrected chi connectivity index (χ2v) is 5.97. The lowest BCUT2D eigenvalue weighted by atomic mass is 9.97. The van der Waals surface area contributed by atoms with Gasteiger partial charge in [-0.2, -0.15) is 0 Å². The molecule has 1 unspecified atom stereocenters. The van der Waals surface area contributed by atoms with Crippen LogP contribution in [0.25, 0.3) is 0 Å². The second-order valence-electron chi connectivity index (χ2n) is 5.97. The van der Waals surface area contributed by atoms with Gasteiger partial charge in [-0.25, -0.2) is 0 Å². The smallest absolute Gasteiger partial charge is 0.216 e. The molecule has 0 saturated carbocycles. The summed E-state index contributed by atoms with van der Waals surface area (Å²) in [5, 5.41) is 3.06. The molecule has 0 bridgehead atoms. The van der Waals surface area contributed by atoms with Crippen LogP contribution in [0.1, 0.15) is 48.5 Å². The molecule has 0 fully saturated rings. The molecule has 0 aliphatic heterocycles. The fourth-order valence-electron chi connectivity index (χ4n) is 2.14. The molecule has 0 aliphatic carbocycles. The van der Waals surface area contributed by atoms with Crippen LogP contribution in [0.15, 0.2) is 59.8 Å². The van der Waals surface area contributed by atoms with Crippen LogP contribution >= 0.6 is 0 Å². The van der Waals surface area contributed by atoms with Crippen molar-refractivity contribution in [1.29, 1.82) is 0 Å². The van der Waals surface area contributed by atoms with Gasteiger partial charge in [-0.3, -0.25) is 4.79 Å². The van der Waals surface area contributed by atoms with E-state index in [1.54, 1.807) is 48.5 Å². The van der Waals surface area contributed by atoms with Crippen molar-refractivity contribution >= 4 is 5.78 Å². The van der Waals surface area contributed by atoms with E-state index in [1.807, 2.05) is 26.8 Å². The third kappa shape index (κ3) is 3.86. The Morgan fingerprint density at radius 1 is 1.00 bits per heavy atom. The van der Waals surface area contributed by atoms with Crippen molar-refractivity contribution < 1.29 is 9.53 Å². The summed E-state index contributed by atoms with van der Waals surface area (Å²) in [6.45, 7) is 5.52. The minimum Gasteiger partial charge on any atom is -0.343 e. The molecule has 0 aliphatic rings. The molecular formula is C18H19NO3. The van der Waals surface area contributed by atoms with Gasteiger partial charge in [0.2, 0.25) is 6.23 Å². The fraction of sp³-hybridized carbons (Fsp3) is 0.278. The number of nitroso groups, excluding NO2 is 1. The maximum atomic E-state index is 12.7. The fourth-order valence-corrected chi connectivity index (χ4v) is 2.14. The van der Waals surface area contributed by atoms with Crippen molar-refractivity contribution in [2.45, 2.75) is 32.6 Å². The van der Waals surface area contributed by atoms with E-state index < -0.39 is 11.8 Å². The molecule has 114 valence electrons. The predicted molar refractivity (Wildman–Crippen MR) is 85.7 cm³/mol. The lowest BCUT2D eigenvalue weighted by Crippen LogP contribution is -2.23. The maximum absolute atomic E-state index is 12.7. The summed E-state index contributed by atoms with van der Waals surface area (Å²) in [6.07, 6.45) is -1.01. The highest BCUT2D eigenvalue weighted by Crippen LogP contribution is 2.28. The van der Waals surface area contributed by atoms with Gasteiger partial charge in [-0.1, -0.05) is 54.6 Å². The summed E-state index contributed by atoms with van der Waals surface area (Å²) < 4.78 is 5.67. The third-order valence-electron chi connectivity index (χ3n) is 3.07. The minimum absolute atomic E-state index is 0.151. The van der Waals surface area contributed by atoms with E-state index in [4.69, 9.17) is 4.74 Å². The van der Waals surface area contributed by atoms with Gasteiger partial charge in [0, 0.05) is 16.7 Å². The molecular weight excluding hydrogens is 278 g/mol. The number of benzene rings is 2. The standard InChI is InChI=1S/C18H19NO3/c1-18(2,3)22-17(19-21)15-12-8-7-11-14(15)16(20)13-9-5-4-6-10-13/h4-12,17H,1-3H3. The zero-order chi connectivity index (χ0) is 16.2. The van der Waals surface area contributed by atoms with Gasteiger partial charge in [0.25, 0.3) is 0 Å². The first-order valence-electron chi connectivity index (χ1n) is 7.11. The van der Waals surface area contributed by atoms with E-state index in [0.717, 1.165) is 0 Å². The number of carbonyl (C=O) groups excluding carboxylic acids is 1. The summed E-state index contributed by atoms with van der Waals surface area (Å²) in [7, 11) is 0. The van der Waals surface area contributed by atoms with Crippen molar-refractivity contribution in [1.82, 2.24) is 0 Å². The quantitative estimate of drug-likeness (QED) is 0.603. The Labute approximate surface area is 130 Å². The lowest BCUT2D eigenvalue weighted by Gasteiger charge is -2.24. The van der Waals surface area contributed by atoms with Gasteiger partial charge in [-0.05, 0) is 25.9 Å². The number of nitrogens with zero attached hydrogens (tertiary/aromatic N) is 1. The Morgan fingerprint density at radius 3 is 2.18 bits per heavy atom. The van der Waals surface area contributed by atoms with E-state index in [2.05, 4.69) is 5.18 Å². The van der Waals surface area contributed by atoms with E-state index in [9.17, 15) is 9.70 Å². The lowest BCUT2D eigenvalue weighted by molar-refractivity contribution is -0.0584. The monoisotopic (exact) mass is 297 g/mol. The molecule has 0 heterocycles. The zero-order valence-electron chi connectivity index (χ0n) is 12.9. The summed E-state index contributed by atoms with van der Waals surface area (Å²) in [6, 6.07) is 15.9. The van der Waals surface area contributed by atoms with Crippen LogP contribution in [0.2, 0.25) is 0 Å². The first kappa shape index (κ1) is 16.0. The molecule has 0 saturated heterocycles. The normalized spacial score (nSPS) is 12.7. The van der Waals surface area contributed by atoms with Crippen LogP contribution in [-0.2, 0) is 4.74 Å². The number of carbonyl (C=O) groups is 1. The molecule has 4 nitrogen and oxygen atoms in total. The first-order valence-corrected chi connectivity index (χ1v) is 7.11. The third-order valence-corrected chi connectivity index (χ3v) is 3.07. The molecule has 2 aromatic carbocycles. The molecule has 0 radical (unpaired) electrons. The number of hydrogen-bond donors (Lipinski definition) is 0. The second kappa shape index (κ2) is 6.62. The average molecular weight is 297 g/mol. The van der Waals surface area contributed by atoms with Gasteiger partial charge in [-0.15, -0.1) is 4.91 Å². The topological polar surface area (TPSA) is 55.7 Å². The van der Waals surface area contributed by atoms with Crippen molar-refractivity contribution in [3.63, 3.8) is 0 Å². The molecule has 0 aromatic heterocycles. The highest BCUT2D eigenvalue weighted by Gasteiger charge is 2.25. The molecule has 2 aromatic rings. The Kier molecular flexibility index (Phi) is 4.83.